The quantitative estimate of drug-likeness (QED) is 0.637. The van der Waals surface area contributed by atoms with Crippen LogP contribution in [0.1, 0.15) is 26.8 Å². The molecule has 2 amide bonds. The number of nitrogens with one attached hydrogen (secondary N) is 2. The SMILES string of the molecule is O=C(N[C@H](C(=O)Nc1cccc(C(F)(F)F)c1)c1ccccc1)c1cccs1. The smallest absolute Gasteiger partial charge is 0.336 e. The molecular formula is C20H15F3N2O2S. The fourth-order valence-corrected chi connectivity index (χ4v) is 3.17. The Labute approximate surface area is 163 Å². The number of rotatable bonds is 5. The average molecular weight is 404 g/mol. The molecule has 0 aliphatic rings. The molecule has 144 valence electrons. The molecule has 4 nitrogen and oxygen atoms in total. The van der Waals surface area contributed by atoms with Gasteiger partial charge in [0.2, 0.25) is 0 Å². The molecule has 0 unspecified atom stereocenters. The van der Waals surface area contributed by atoms with E-state index in [0.717, 1.165) is 12.1 Å². The maximum atomic E-state index is 12.9. The topological polar surface area (TPSA) is 58.2 Å². The highest BCUT2D eigenvalue weighted by atomic mass is 32.1. The molecule has 0 saturated carbocycles. The molecule has 3 aromatic rings. The van der Waals surface area contributed by atoms with Gasteiger partial charge in [0.25, 0.3) is 11.8 Å². The Morgan fingerprint density at radius 2 is 1.68 bits per heavy atom. The summed E-state index contributed by atoms with van der Waals surface area (Å²) in [6, 6.07) is 15.1. The minimum absolute atomic E-state index is 0.00821. The Hall–Kier alpha value is -3.13. The number of hydrogen-bond acceptors (Lipinski definition) is 3. The molecule has 0 spiro atoms. The number of amides is 2. The van der Waals surface area contributed by atoms with Gasteiger partial charge in [-0.25, -0.2) is 0 Å². The van der Waals surface area contributed by atoms with E-state index in [2.05, 4.69) is 10.6 Å². The van der Waals surface area contributed by atoms with Crippen molar-refractivity contribution < 1.29 is 22.8 Å². The lowest BCUT2D eigenvalue weighted by Gasteiger charge is -2.19. The zero-order valence-corrected chi connectivity index (χ0v) is 15.2. The number of carbonyl (C=O) groups is 2. The summed E-state index contributed by atoms with van der Waals surface area (Å²) in [4.78, 5) is 25.6. The van der Waals surface area contributed by atoms with Crippen LogP contribution >= 0.6 is 11.3 Å². The normalized spacial score (nSPS) is 12.2. The Bertz CT molecular complexity index is 957. The zero-order chi connectivity index (χ0) is 20.1. The molecule has 0 bridgehead atoms. The Morgan fingerprint density at radius 1 is 0.929 bits per heavy atom. The van der Waals surface area contributed by atoms with Gasteiger partial charge in [-0.2, -0.15) is 13.2 Å². The van der Waals surface area contributed by atoms with Gasteiger partial charge >= 0.3 is 6.18 Å². The number of carbonyl (C=O) groups excluding carboxylic acids is 2. The van der Waals surface area contributed by atoms with Crippen LogP contribution in [0.5, 0.6) is 0 Å². The maximum absolute atomic E-state index is 12.9. The first-order valence-corrected chi connectivity index (χ1v) is 9.10. The van der Waals surface area contributed by atoms with Gasteiger partial charge in [-0.15, -0.1) is 11.3 Å². The van der Waals surface area contributed by atoms with E-state index in [0.29, 0.717) is 10.4 Å². The van der Waals surface area contributed by atoms with E-state index in [1.165, 1.54) is 23.5 Å². The number of hydrogen-bond donors (Lipinski definition) is 2. The highest BCUT2D eigenvalue weighted by Gasteiger charge is 2.31. The van der Waals surface area contributed by atoms with Crippen molar-refractivity contribution in [1.82, 2.24) is 5.32 Å². The van der Waals surface area contributed by atoms with Crippen LogP contribution in [0, 0.1) is 0 Å². The first-order chi connectivity index (χ1) is 13.3. The second-order valence-corrected chi connectivity index (χ2v) is 6.81. The summed E-state index contributed by atoms with van der Waals surface area (Å²) in [5, 5.41) is 6.82. The lowest BCUT2D eigenvalue weighted by molar-refractivity contribution is -0.137. The van der Waals surface area contributed by atoms with Crippen molar-refractivity contribution in [2.24, 2.45) is 0 Å². The largest absolute Gasteiger partial charge is 0.416 e. The predicted octanol–water partition coefficient (Wildman–Crippen LogP) is 4.88. The maximum Gasteiger partial charge on any atom is 0.416 e. The summed E-state index contributed by atoms with van der Waals surface area (Å²) in [6.45, 7) is 0. The highest BCUT2D eigenvalue weighted by Crippen LogP contribution is 2.31. The third-order valence-corrected chi connectivity index (χ3v) is 4.74. The molecule has 1 atom stereocenters. The minimum Gasteiger partial charge on any atom is -0.336 e. The van der Waals surface area contributed by atoms with Crippen molar-refractivity contribution in [3.05, 3.63) is 88.1 Å². The van der Waals surface area contributed by atoms with E-state index in [-0.39, 0.29) is 5.69 Å². The summed E-state index contributed by atoms with van der Waals surface area (Å²) in [5.41, 5.74) is -0.368. The molecule has 0 saturated heterocycles. The molecule has 3 rings (SSSR count). The zero-order valence-electron chi connectivity index (χ0n) is 14.4. The summed E-state index contributed by atoms with van der Waals surface area (Å²) in [7, 11) is 0. The van der Waals surface area contributed by atoms with Crippen LogP contribution in [0.2, 0.25) is 0 Å². The van der Waals surface area contributed by atoms with Crippen molar-refractivity contribution in [2.45, 2.75) is 12.2 Å². The van der Waals surface area contributed by atoms with E-state index >= 15 is 0 Å². The Balaban J connectivity index is 1.84. The summed E-state index contributed by atoms with van der Waals surface area (Å²) >= 11 is 1.22. The predicted molar refractivity (Wildman–Crippen MR) is 101 cm³/mol. The first kappa shape index (κ1) is 19.6. The van der Waals surface area contributed by atoms with Gasteiger partial charge in [0, 0.05) is 5.69 Å². The van der Waals surface area contributed by atoms with Crippen LogP contribution in [-0.2, 0) is 11.0 Å². The van der Waals surface area contributed by atoms with Crippen molar-refractivity contribution in [2.75, 3.05) is 5.32 Å². The number of benzene rings is 2. The van der Waals surface area contributed by atoms with E-state index in [4.69, 9.17) is 0 Å². The number of anilines is 1. The van der Waals surface area contributed by atoms with Crippen LogP contribution in [-0.4, -0.2) is 11.8 Å². The van der Waals surface area contributed by atoms with Gasteiger partial charge < -0.3 is 10.6 Å². The molecule has 0 aliphatic carbocycles. The van der Waals surface area contributed by atoms with Gasteiger partial charge in [-0.05, 0) is 35.2 Å². The van der Waals surface area contributed by atoms with Crippen LogP contribution in [0.15, 0.2) is 72.1 Å². The first-order valence-electron chi connectivity index (χ1n) is 8.22. The highest BCUT2D eigenvalue weighted by molar-refractivity contribution is 7.12. The molecular weight excluding hydrogens is 389 g/mol. The van der Waals surface area contributed by atoms with Gasteiger partial charge in [0.15, 0.2) is 0 Å². The average Bonchev–Trinajstić information content (AvgIpc) is 3.21. The van der Waals surface area contributed by atoms with Gasteiger partial charge in [0.1, 0.15) is 6.04 Å². The second-order valence-electron chi connectivity index (χ2n) is 5.86. The molecule has 28 heavy (non-hydrogen) atoms. The number of halogens is 3. The molecule has 1 heterocycles. The van der Waals surface area contributed by atoms with E-state index in [9.17, 15) is 22.8 Å². The van der Waals surface area contributed by atoms with Gasteiger partial charge in [0.05, 0.1) is 10.4 Å². The van der Waals surface area contributed by atoms with Crippen molar-refractivity contribution >= 4 is 28.8 Å². The monoisotopic (exact) mass is 404 g/mol. The summed E-state index contributed by atoms with van der Waals surface area (Å²) in [5.74, 6) is -1.08. The number of alkyl halides is 3. The second kappa shape index (κ2) is 8.26. The molecule has 0 aliphatic heterocycles. The van der Waals surface area contributed by atoms with Crippen LogP contribution in [0.3, 0.4) is 0 Å². The fourth-order valence-electron chi connectivity index (χ4n) is 2.54. The number of thiophene rings is 1. The standard InChI is InChI=1S/C20H15F3N2O2S/c21-20(22,23)14-8-4-9-15(12-14)24-19(27)17(13-6-2-1-3-7-13)25-18(26)16-10-5-11-28-16/h1-12,17H,(H,24,27)(H,25,26)/t17-/m0/s1. The summed E-state index contributed by atoms with van der Waals surface area (Å²) in [6.07, 6.45) is -4.52. The molecule has 0 radical (unpaired) electrons. The van der Waals surface area contributed by atoms with E-state index in [1.807, 2.05) is 0 Å². The molecule has 8 heteroatoms. The molecule has 1 aromatic heterocycles. The molecule has 2 N–H and O–H groups in total. The van der Waals surface area contributed by atoms with Crippen molar-refractivity contribution in [3.63, 3.8) is 0 Å². The fraction of sp³-hybridized carbons (Fsp3) is 0.100. The van der Waals surface area contributed by atoms with Crippen LogP contribution in [0.25, 0.3) is 0 Å². The van der Waals surface area contributed by atoms with E-state index in [1.54, 1.807) is 47.8 Å². The van der Waals surface area contributed by atoms with Crippen LogP contribution in [0.4, 0.5) is 18.9 Å². The van der Waals surface area contributed by atoms with E-state index < -0.39 is 29.6 Å². The minimum atomic E-state index is -4.52. The third-order valence-electron chi connectivity index (χ3n) is 3.87. The summed E-state index contributed by atoms with van der Waals surface area (Å²) < 4.78 is 38.7. The van der Waals surface area contributed by atoms with Crippen molar-refractivity contribution in [3.8, 4) is 0 Å². The Morgan fingerprint density at radius 3 is 2.32 bits per heavy atom. The lowest BCUT2D eigenvalue weighted by atomic mass is 10.1. The van der Waals surface area contributed by atoms with Crippen molar-refractivity contribution in [1.29, 1.82) is 0 Å². The molecule has 0 fully saturated rings. The van der Waals surface area contributed by atoms with Gasteiger partial charge in [-0.3, -0.25) is 9.59 Å². The van der Waals surface area contributed by atoms with Crippen LogP contribution < -0.4 is 10.6 Å². The molecule has 2 aromatic carbocycles. The van der Waals surface area contributed by atoms with Gasteiger partial charge in [-0.1, -0.05) is 42.5 Å². The Kier molecular flexibility index (Phi) is 5.79. The third kappa shape index (κ3) is 4.77. The lowest BCUT2D eigenvalue weighted by Crippen LogP contribution is -2.36.